The van der Waals surface area contributed by atoms with Crippen LogP contribution in [-0.4, -0.2) is 60.0 Å². The van der Waals surface area contributed by atoms with Crippen molar-refractivity contribution in [2.24, 2.45) is 5.41 Å². The van der Waals surface area contributed by atoms with Crippen LogP contribution in [0, 0.1) is 18.9 Å². The lowest BCUT2D eigenvalue weighted by Crippen LogP contribution is -2.49. The molecular formula is C23H30N4O2. The van der Waals surface area contributed by atoms with E-state index in [2.05, 4.69) is 47.7 Å². The fourth-order valence-corrected chi connectivity index (χ4v) is 4.42. The molecule has 2 fully saturated rings. The van der Waals surface area contributed by atoms with Gasteiger partial charge in [0.1, 0.15) is 5.69 Å². The van der Waals surface area contributed by atoms with E-state index in [-0.39, 0.29) is 11.3 Å². The van der Waals surface area contributed by atoms with Crippen LogP contribution in [0.5, 0.6) is 0 Å². The lowest BCUT2D eigenvalue weighted by molar-refractivity contribution is 0.0199. The Bertz CT molecular complexity index is 811. The van der Waals surface area contributed by atoms with Crippen LogP contribution >= 0.6 is 0 Å². The predicted molar refractivity (Wildman–Crippen MR) is 112 cm³/mol. The van der Waals surface area contributed by atoms with Gasteiger partial charge in [-0.3, -0.25) is 9.48 Å². The molecule has 1 saturated heterocycles. The number of piperidine rings is 1. The molecule has 1 aliphatic heterocycles. The summed E-state index contributed by atoms with van der Waals surface area (Å²) in [6, 6.07) is 13.0. The summed E-state index contributed by atoms with van der Waals surface area (Å²) in [6.07, 6.45) is 4.82. The maximum absolute atomic E-state index is 12.7. The van der Waals surface area contributed by atoms with E-state index < -0.39 is 0 Å². The second-order valence-corrected chi connectivity index (χ2v) is 8.33. The van der Waals surface area contributed by atoms with Crippen molar-refractivity contribution >= 4 is 5.91 Å². The highest BCUT2D eigenvalue weighted by molar-refractivity contribution is 5.92. The van der Waals surface area contributed by atoms with Gasteiger partial charge >= 0.3 is 0 Å². The summed E-state index contributed by atoms with van der Waals surface area (Å²) in [5, 5.41) is 8.03. The number of nitrogens with one attached hydrogen (secondary N) is 1. The van der Waals surface area contributed by atoms with Gasteiger partial charge in [0, 0.05) is 50.3 Å². The van der Waals surface area contributed by atoms with Gasteiger partial charge in [-0.2, -0.15) is 5.10 Å². The topological polar surface area (TPSA) is 59.4 Å². The number of amides is 1. The van der Waals surface area contributed by atoms with E-state index >= 15 is 0 Å². The summed E-state index contributed by atoms with van der Waals surface area (Å²) in [6.45, 7) is 8.38. The molecule has 2 heterocycles. The SMILES string of the molecule is [CH2][CH]n1ccc(C(=O)N2CCC(CN[C@@H]3C[C@H]3c3ccccc3)(COC)CC2)n1. The van der Waals surface area contributed by atoms with E-state index in [9.17, 15) is 4.79 Å². The van der Waals surface area contributed by atoms with E-state index in [0.29, 0.717) is 17.7 Å². The summed E-state index contributed by atoms with van der Waals surface area (Å²) in [7, 11) is 1.77. The number of aromatic nitrogens is 2. The second kappa shape index (κ2) is 8.67. The highest BCUT2D eigenvalue weighted by Crippen LogP contribution is 2.42. The molecule has 29 heavy (non-hydrogen) atoms. The van der Waals surface area contributed by atoms with Gasteiger partial charge in [-0.1, -0.05) is 30.3 Å². The molecule has 0 spiro atoms. The molecule has 1 N–H and O–H groups in total. The number of methoxy groups -OCH3 is 1. The zero-order chi connectivity index (χ0) is 20.3. The third kappa shape index (κ3) is 4.54. The molecule has 2 radical (unpaired) electrons. The molecule has 4 rings (SSSR count). The van der Waals surface area contributed by atoms with Crippen molar-refractivity contribution in [3.63, 3.8) is 0 Å². The zero-order valence-electron chi connectivity index (χ0n) is 17.1. The Kier molecular flexibility index (Phi) is 6.01. The van der Waals surface area contributed by atoms with Gasteiger partial charge in [-0.05, 0) is 37.8 Å². The lowest BCUT2D eigenvalue weighted by Gasteiger charge is -2.41. The van der Waals surface area contributed by atoms with Gasteiger partial charge in [0.25, 0.3) is 5.91 Å². The highest BCUT2D eigenvalue weighted by Gasteiger charge is 2.42. The Balaban J connectivity index is 1.31. The number of hydrogen-bond donors (Lipinski definition) is 1. The van der Waals surface area contributed by atoms with Crippen molar-refractivity contribution < 1.29 is 9.53 Å². The average Bonchev–Trinajstić information content (AvgIpc) is 3.39. The first-order chi connectivity index (χ1) is 14.1. The van der Waals surface area contributed by atoms with Crippen molar-refractivity contribution in [2.75, 3.05) is 33.4 Å². The molecule has 2 aromatic rings. The Morgan fingerprint density at radius 1 is 1.31 bits per heavy atom. The fraction of sp³-hybridized carbons (Fsp3) is 0.478. The molecule has 2 aliphatic rings. The molecule has 1 amide bonds. The zero-order valence-corrected chi connectivity index (χ0v) is 17.1. The maximum atomic E-state index is 12.7. The third-order valence-corrected chi connectivity index (χ3v) is 6.33. The Morgan fingerprint density at radius 2 is 2.07 bits per heavy atom. The minimum atomic E-state index is -0.00379. The van der Waals surface area contributed by atoms with Crippen LogP contribution in [-0.2, 0) is 4.74 Å². The van der Waals surface area contributed by atoms with E-state index in [1.54, 1.807) is 30.6 Å². The molecule has 1 saturated carbocycles. The van der Waals surface area contributed by atoms with Gasteiger partial charge < -0.3 is 15.0 Å². The monoisotopic (exact) mass is 394 g/mol. The van der Waals surface area contributed by atoms with Gasteiger partial charge in [0.2, 0.25) is 0 Å². The fourth-order valence-electron chi connectivity index (χ4n) is 4.42. The van der Waals surface area contributed by atoms with Crippen molar-refractivity contribution in [1.82, 2.24) is 20.0 Å². The van der Waals surface area contributed by atoms with E-state index in [1.165, 1.54) is 12.0 Å². The first-order valence-corrected chi connectivity index (χ1v) is 10.4. The Morgan fingerprint density at radius 3 is 2.72 bits per heavy atom. The third-order valence-electron chi connectivity index (χ3n) is 6.33. The number of carbonyl (C=O) groups excluding carboxylic acids is 1. The van der Waals surface area contributed by atoms with Crippen LogP contribution in [0.1, 0.15) is 41.2 Å². The predicted octanol–water partition coefficient (Wildman–Crippen LogP) is 2.74. The minimum absolute atomic E-state index is 0.00379. The second-order valence-electron chi connectivity index (χ2n) is 8.33. The molecule has 1 aromatic heterocycles. The van der Waals surface area contributed by atoms with Crippen LogP contribution in [0.25, 0.3) is 0 Å². The molecule has 2 atom stereocenters. The molecule has 0 bridgehead atoms. The van der Waals surface area contributed by atoms with Crippen LogP contribution in [0.15, 0.2) is 42.6 Å². The molecule has 6 heteroatoms. The molecule has 1 aliphatic carbocycles. The van der Waals surface area contributed by atoms with Crippen LogP contribution in [0.2, 0.25) is 0 Å². The molecule has 6 nitrogen and oxygen atoms in total. The van der Waals surface area contributed by atoms with E-state index in [4.69, 9.17) is 4.74 Å². The van der Waals surface area contributed by atoms with Gasteiger partial charge in [0.15, 0.2) is 0 Å². The Labute approximate surface area is 173 Å². The number of hydrogen-bond acceptors (Lipinski definition) is 4. The average molecular weight is 395 g/mol. The van der Waals surface area contributed by atoms with E-state index in [1.807, 2.05) is 4.90 Å². The van der Waals surface area contributed by atoms with E-state index in [0.717, 1.165) is 39.1 Å². The van der Waals surface area contributed by atoms with Gasteiger partial charge in [-0.25, -0.2) is 0 Å². The Hall–Kier alpha value is -2.18. The minimum Gasteiger partial charge on any atom is -0.384 e. The molecule has 0 unspecified atom stereocenters. The molecular weight excluding hydrogens is 364 g/mol. The van der Waals surface area contributed by atoms with Crippen LogP contribution in [0.4, 0.5) is 0 Å². The number of likely N-dealkylation sites (tertiary alicyclic amines) is 1. The van der Waals surface area contributed by atoms with Gasteiger partial charge in [0.05, 0.1) is 13.2 Å². The van der Waals surface area contributed by atoms with Crippen molar-refractivity contribution in [1.29, 1.82) is 0 Å². The summed E-state index contributed by atoms with van der Waals surface area (Å²) < 4.78 is 7.14. The first kappa shape index (κ1) is 20.1. The van der Waals surface area contributed by atoms with Crippen molar-refractivity contribution in [2.45, 2.75) is 31.2 Å². The largest absolute Gasteiger partial charge is 0.384 e. The summed E-state index contributed by atoms with van der Waals surface area (Å²) >= 11 is 0. The number of nitrogens with zero attached hydrogens (tertiary/aromatic N) is 3. The van der Waals surface area contributed by atoms with Crippen molar-refractivity contribution in [3.05, 3.63) is 67.3 Å². The van der Waals surface area contributed by atoms with Gasteiger partial charge in [-0.15, -0.1) is 0 Å². The summed E-state index contributed by atoms with van der Waals surface area (Å²) in [4.78, 5) is 14.7. The number of rotatable bonds is 8. The van der Waals surface area contributed by atoms with Crippen LogP contribution < -0.4 is 5.32 Å². The first-order valence-electron chi connectivity index (χ1n) is 10.4. The smallest absolute Gasteiger partial charge is 0.274 e. The van der Waals surface area contributed by atoms with Crippen molar-refractivity contribution in [3.8, 4) is 0 Å². The number of benzene rings is 1. The number of ether oxygens (including phenoxy) is 1. The summed E-state index contributed by atoms with van der Waals surface area (Å²) in [5.74, 6) is 0.619. The highest BCUT2D eigenvalue weighted by atomic mass is 16.5. The molecule has 1 aromatic carbocycles. The standard InChI is InChI=1S/C23H30N4O2/c1-3-27-12-9-20(25-27)22(28)26-13-10-23(11-14-26,17-29-2)16-24-21-15-19(21)18-7-5-4-6-8-18/h3-9,12,19,21,24H,1,10-11,13-17H2,2H3/t19-,21+/m0/s1. The number of carbonyl (C=O) groups is 1. The summed E-state index contributed by atoms with van der Waals surface area (Å²) in [5.41, 5.74) is 1.98. The normalized spacial score (nSPS) is 23.2. The quantitative estimate of drug-likeness (QED) is 0.748. The lowest BCUT2D eigenvalue weighted by atomic mass is 9.78. The maximum Gasteiger partial charge on any atom is 0.274 e. The van der Waals surface area contributed by atoms with Crippen LogP contribution in [0.3, 0.4) is 0 Å². The molecule has 154 valence electrons.